The molecule has 2 N–H and O–H groups in total. The Bertz CT molecular complexity index is 380. The predicted molar refractivity (Wildman–Crippen MR) is 49.7 cm³/mol. The lowest BCUT2D eigenvalue weighted by Gasteiger charge is -2.25. The molecule has 0 aromatic carbocycles. The Morgan fingerprint density at radius 1 is 1.43 bits per heavy atom. The lowest BCUT2D eigenvalue weighted by atomic mass is 10.3. The maximum atomic E-state index is 11.8. The van der Waals surface area contributed by atoms with Gasteiger partial charge in [-0.15, -0.1) is 4.41 Å². The molecular formula is C7H12N4O2S. The highest BCUT2D eigenvalue weighted by Crippen LogP contribution is 2.11. The number of hydrazine groups is 1. The highest BCUT2D eigenvalue weighted by molar-refractivity contribution is 7.88. The first kappa shape index (κ1) is 9.63. The minimum atomic E-state index is -3.46. The van der Waals surface area contributed by atoms with Crippen LogP contribution in [0.3, 0.4) is 0 Å². The van der Waals surface area contributed by atoms with E-state index in [0.717, 1.165) is 12.8 Å². The average molecular weight is 216 g/mol. The molecule has 0 atom stereocenters. The minimum absolute atomic E-state index is 0.00750. The van der Waals surface area contributed by atoms with Crippen molar-refractivity contribution in [2.75, 3.05) is 13.1 Å². The van der Waals surface area contributed by atoms with Gasteiger partial charge in [0.1, 0.15) is 0 Å². The van der Waals surface area contributed by atoms with Gasteiger partial charge in [-0.2, -0.15) is 0 Å². The van der Waals surface area contributed by atoms with Crippen LogP contribution in [0.25, 0.3) is 0 Å². The lowest BCUT2D eigenvalue weighted by Crippen LogP contribution is -2.47. The smallest absolute Gasteiger partial charge is 0.289 e. The summed E-state index contributed by atoms with van der Waals surface area (Å²) >= 11 is 0. The summed E-state index contributed by atoms with van der Waals surface area (Å²) < 4.78 is 24.9. The fourth-order valence-electron chi connectivity index (χ4n) is 1.36. The molecule has 1 aromatic rings. The fourth-order valence-corrected chi connectivity index (χ4v) is 2.62. The normalized spacial score (nSPS) is 19.7. The number of nitrogens with zero attached hydrogens (tertiary/aromatic N) is 2. The first-order chi connectivity index (χ1) is 6.71. The second-order valence-electron chi connectivity index (χ2n) is 3.09. The Morgan fingerprint density at radius 2 is 2.29 bits per heavy atom. The van der Waals surface area contributed by atoms with Gasteiger partial charge in [-0.05, 0) is 12.8 Å². The number of hydrogen-bond acceptors (Lipinski definition) is 4. The molecule has 2 rings (SSSR count). The standard InChI is InChI=1S/C7H12N4O2S/c12-14(13,7-8-4-5-9-7)11-6-2-1-3-10-11/h4-5,10H,1-3,6H2,(H,8,9). The van der Waals surface area contributed by atoms with Crippen LogP contribution >= 0.6 is 0 Å². The van der Waals surface area contributed by atoms with Crippen molar-refractivity contribution in [2.45, 2.75) is 18.0 Å². The monoisotopic (exact) mass is 216 g/mol. The van der Waals surface area contributed by atoms with Crippen molar-refractivity contribution in [1.82, 2.24) is 19.8 Å². The third-order valence-corrected chi connectivity index (χ3v) is 3.69. The summed E-state index contributed by atoms with van der Waals surface area (Å²) in [4.78, 5) is 6.33. The van der Waals surface area contributed by atoms with Gasteiger partial charge in [-0.25, -0.2) is 18.8 Å². The van der Waals surface area contributed by atoms with Crippen LogP contribution in [0.4, 0.5) is 0 Å². The van der Waals surface area contributed by atoms with E-state index in [2.05, 4.69) is 15.4 Å². The van der Waals surface area contributed by atoms with E-state index in [4.69, 9.17) is 0 Å². The zero-order chi connectivity index (χ0) is 10.0. The van der Waals surface area contributed by atoms with Crippen molar-refractivity contribution in [2.24, 2.45) is 0 Å². The van der Waals surface area contributed by atoms with Crippen LogP contribution in [-0.2, 0) is 10.0 Å². The molecule has 1 aliphatic heterocycles. The maximum Gasteiger partial charge on any atom is 0.289 e. The average Bonchev–Trinajstić information content (AvgIpc) is 2.72. The fraction of sp³-hybridized carbons (Fsp3) is 0.571. The molecule has 0 spiro atoms. The topological polar surface area (TPSA) is 78.1 Å². The Morgan fingerprint density at radius 3 is 2.86 bits per heavy atom. The van der Waals surface area contributed by atoms with Gasteiger partial charge in [-0.3, -0.25) is 0 Å². The molecular weight excluding hydrogens is 204 g/mol. The molecule has 0 bridgehead atoms. The van der Waals surface area contributed by atoms with Crippen LogP contribution in [0.1, 0.15) is 12.8 Å². The summed E-state index contributed by atoms with van der Waals surface area (Å²) in [5.74, 6) is 0. The number of hydrogen-bond donors (Lipinski definition) is 2. The van der Waals surface area contributed by atoms with Crippen LogP contribution in [0.15, 0.2) is 17.6 Å². The van der Waals surface area contributed by atoms with Crippen molar-refractivity contribution in [3.63, 3.8) is 0 Å². The Balaban J connectivity index is 2.23. The van der Waals surface area contributed by atoms with Crippen molar-refractivity contribution >= 4 is 10.0 Å². The molecule has 1 aliphatic rings. The zero-order valence-electron chi connectivity index (χ0n) is 7.60. The summed E-state index contributed by atoms with van der Waals surface area (Å²) in [6.07, 6.45) is 4.81. The highest BCUT2D eigenvalue weighted by atomic mass is 32.2. The second-order valence-corrected chi connectivity index (χ2v) is 4.86. The Kier molecular flexibility index (Phi) is 2.53. The van der Waals surface area contributed by atoms with Crippen molar-refractivity contribution < 1.29 is 8.42 Å². The maximum absolute atomic E-state index is 11.8. The van der Waals surface area contributed by atoms with E-state index in [1.54, 1.807) is 0 Å². The second kappa shape index (κ2) is 3.68. The molecule has 1 aromatic heterocycles. The van der Waals surface area contributed by atoms with Crippen LogP contribution < -0.4 is 5.43 Å². The van der Waals surface area contributed by atoms with Gasteiger partial charge in [0.2, 0.25) is 5.16 Å². The molecule has 6 nitrogen and oxygen atoms in total. The number of aromatic nitrogens is 2. The molecule has 7 heteroatoms. The van der Waals surface area contributed by atoms with E-state index >= 15 is 0 Å². The Labute approximate surface area is 82.4 Å². The van der Waals surface area contributed by atoms with Crippen LogP contribution in [0, 0.1) is 0 Å². The number of aromatic amines is 1. The minimum Gasteiger partial charge on any atom is -0.334 e. The molecule has 0 saturated carbocycles. The van der Waals surface area contributed by atoms with Gasteiger partial charge in [-0.1, -0.05) is 0 Å². The largest absolute Gasteiger partial charge is 0.334 e. The van der Waals surface area contributed by atoms with E-state index in [0.29, 0.717) is 13.1 Å². The van der Waals surface area contributed by atoms with Crippen molar-refractivity contribution in [3.05, 3.63) is 12.4 Å². The third kappa shape index (κ3) is 1.66. The SMILES string of the molecule is O=S(=O)(c1ncc[nH]1)N1CCCCN1. The molecule has 2 heterocycles. The third-order valence-electron chi connectivity index (χ3n) is 2.08. The molecule has 1 saturated heterocycles. The number of nitrogens with one attached hydrogen (secondary N) is 2. The van der Waals surface area contributed by atoms with Gasteiger partial charge in [0, 0.05) is 25.5 Å². The number of sulfonamides is 1. The Hall–Kier alpha value is -0.920. The summed E-state index contributed by atoms with van der Waals surface area (Å²) in [7, 11) is -3.46. The number of H-pyrrole nitrogens is 1. The number of imidazole rings is 1. The van der Waals surface area contributed by atoms with E-state index in [9.17, 15) is 8.42 Å². The first-order valence-electron chi connectivity index (χ1n) is 4.47. The lowest BCUT2D eigenvalue weighted by molar-refractivity contribution is 0.266. The van der Waals surface area contributed by atoms with Gasteiger partial charge >= 0.3 is 0 Å². The van der Waals surface area contributed by atoms with Gasteiger partial charge in [0.25, 0.3) is 10.0 Å². The number of rotatable bonds is 2. The van der Waals surface area contributed by atoms with E-state index in [1.807, 2.05) is 0 Å². The van der Waals surface area contributed by atoms with E-state index < -0.39 is 10.0 Å². The van der Waals surface area contributed by atoms with Gasteiger partial charge < -0.3 is 4.98 Å². The molecule has 0 aliphatic carbocycles. The molecule has 0 radical (unpaired) electrons. The molecule has 78 valence electrons. The molecule has 0 unspecified atom stereocenters. The quantitative estimate of drug-likeness (QED) is 0.711. The van der Waals surface area contributed by atoms with Crippen LogP contribution in [0.2, 0.25) is 0 Å². The summed E-state index contributed by atoms with van der Waals surface area (Å²) in [5, 5.41) is -0.00750. The van der Waals surface area contributed by atoms with Crippen LogP contribution in [0.5, 0.6) is 0 Å². The molecule has 14 heavy (non-hydrogen) atoms. The van der Waals surface area contributed by atoms with E-state index in [-0.39, 0.29) is 5.16 Å². The van der Waals surface area contributed by atoms with Gasteiger partial charge in [0.15, 0.2) is 0 Å². The van der Waals surface area contributed by atoms with Gasteiger partial charge in [0.05, 0.1) is 0 Å². The predicted octanol–water partition coefficient (Wildman–Crippen LogP) is -0.301. The van der Waals surface area contributed by atoms with Crippen molar-refractivity contribution in [3.8, 4) is 0 Å². The summed E-state index contributed by atoms with van der Waals surface area (Å²) in [5.41, 5.74) is 2.83. The molecule has 0 amide bonds. The van der Waals surface area contributed by atoms with Crippen LogP contribution in [-0.4, -0.2) is 35.9 Å². The summed E-state index contributed by atoms with van der Waals surface area (Å²) in [6.45, 7) is 1.20. The first-order valence-corrected chi connectivity index (χ1v) is 5.91. The van der Waals surface area contributed by atoms with E-state index in [1.165, 1.54) is 16.8 Å². The summed E-state index contributed by atoms with van der Waals surface area (Å²) in [6, 6.07) is 0. The molecule has 1 fully saturated rings. The highest BCUT2D eigenvalue weighted by Gasteiger charge is 2.27. The van der Waals surface area contributed by atoms with Crippen molar-refractivity contribution in [1.29, 1.82) is 0 Å². The zero-order valence-corrected chi connectivity index (χ0v) is 8.42.